The number of fused-ring (bicyclic) bond motifs is 1. The van der Waals surface area contributed by atoms with Gasteiger partial charge in [-0.25, -0.2) is 0 Å². The molecule has 3 aliphatic rings. The maximum Gasteiger partial charge on any atom is -0.0144 e. The van der Waals surface area contributed by atoms with Crippen molar-refractivity contribution in [2.75, 3.05) is 0 Å². The first-order chi connectivity index (χ1) is 7.52. The quantitative estimate of drug-likeness (QED) is 0.554. The van der Waals surface area contributed by atoms with Gasteiger partial charge >= 0.3 is 0 Å². The van der Waals surface area contributed by atoms with Crippen LogP contribution in [-0.4, -0.2) is 0 Å². The molecule has 0 aromatic carbocycles. The lowest BCUT2D eigenvalue weighted by Crippen LogP contribution is -2.30. The van der Waals surface area contributed by atoms with Crippen LogP contribution < -0.4 is 0 Å². The summed E-state index contributed by atoms with van der Waals surface area (Å²) in [5.41, 5.74) is 3.05. The maximum absolute atomic E-state index is 2.62. The van der Waals surface area contributed by atoms with Crippen molar-refractivity contribution in [2.24, 2.45) is 28.6 Å². The lowest BCUT2D eigenvalue weighted by molar-refractivity contribution is 0.128. The molecule has 90 valence electrons. The Hall–Kier alpha value is -0.260. The van der Waals surface area contributed by atoms with Gasteiger partial charge in [0.1, 0.15) is 0 Å². The third-order valence-corrected chi connectivity index (χ3v) is 6.54. The first-order valence-electron chi connectivity index (χ1n) is 7.21. The standard InChI is InChI=1S/C16H26/c1-5-12-8-9-16-10-13(12)15(3,4)14(16)7-6-11(16)2/h8,11,13-14H,5-7,9-10H2,1-4H3/t11-,13+,14+,16+/m1/s1. The van der Waals surface area contributed by atoms with Gasteiger partial charge in [-0.3, -0.25) is 0 Å². The van der Waals surface area contributed by atoms with Crippen molar-refractivity contribution in [3.8, 4) is 0 Å². The van der Waals surface area contributed by atoms with Crippen LogP contribution in [0.3, 0.4) is 0 Å². The Bertz CT molecular complexity index is 336. The summed E-state index contributed by atoms with van der Waals surface area (Å²) in [7, 11) is 0. The molecule has 0 unspecified atom stereocenters. The molecule has 3 aliphatic carbocycles. The number of hydrogen-bond acceptors (Lipinski definition) is 0. The highest BCUT2D eigenvalue weighted by Gasteiger charge is 2.63. The molecule has 1 spiro atoms. The molecule has 0 aliphatic heterocycles. The zero-order valence-electron chi connectivity index (χ0n) is 11.3. The summed E-state index contributed by atoms with van der Waals surface area (Å²) in [4.78, 5) is 0. The second-order valence-electron chi connectivity index (χ2n) is 7.18. The molecular formula is C16H26. The Balaban J connectivity index is 2.07. The van der Waals surface area contributed by atoms with E-state index >= 15 is 0 Å². The molecule has 0 aromatic rings. The molecule has 0 radical (unpaired) electrons. The van der Waals surface area contributed by atoms with Crippen molar-refractivity contribution in [2.45, 2.75) is 59.8 Å². The van der Waals surface area contributed by atoms with E-state index in [0.717, 1.165) is 17.8 Å². The van der Waals surface area contributed by atoms with Gasteiger partial charge in [0.25, 0.3) is 0 Å². The van der Waals surface area contributed by atoms with Crippen LogP contribution in [0.15, 0.2) is 11.6 Å². The van der Waals surface area contributed by atoms with Crippen molar-refractivity contribution < 1.29 is 0 Å². The summed E-state index contributed by atoms with van der Waals surface area (Å²) in [6.45, 7) is 9.97. The fourth-order valence-corrected chi connectivity index (χ4v) is 5.57. The van der Waals surface area contributed by atoms with Crippen LogP contribution in [0.4, 0.5) is 0 Å². The first-order valence-corrected chi connectivity index (χ1v) is 7.21. The van der Waals surface area contributed by atoms with Gasteiger partial charge in [0.2, 0.25) is 0 Å². The average Bonchev–Trinajstić information content (AvgIpc) is 2.65. The van der Waals surface area contributed by atoms with Gasteiger partial charge in [0.05, 0.1) is 0 Å². The van der Waals surface area contributed by atoms with Crippen molar-refractivity contribution in [3.05, 3.63) is 11.6 Å². The van der Waals surface area contributed by atoms with E-state index < -0.39 is 0 Å². The van der Waals surface area contributed by atoms with Gasteiger partial charge in [0, 0.05) is 0 Å². The van der Waals surface area contributed by atoms with Crippen molar-refractivity contribution in [1.29, 1.82) is 0 Å². The van der Waals surface area contributed by atoms with Crippen LogP contribution in [0, 0.1) is 28.6 Å². The molecule has 0 amide bonds. The molecule has 0 heteroatoms. The highest BCUT2D eigenvalue weighted by Crippen LogP contribution is 2.71. The molecule has 0 nitrogen and oxygen atoms in total. The third kappa shape index (κ3) is 1.07. The van der Waals surface area contributed by atoms with Crippen LogP contribution in [0.5, 0.6) is 0 Å². The fraction of sp³-hybridized carbons (Fsp3) is 0.875. The molecule has 4 atom stereocenters. The molecule has 16 heavy (non-hydrogen) atoms. The Labute approximate surface area is 101 Å². The predicted molar refractivity (Wildman–Crippen MR) is 69.2 cm³/mol. The normalized spacial score (nSPS) is 49.0. The van der Waals surface area contributed by atoms with Gasteiger partial charge in [-0.15, -0.1) is 0 Å². The van der Waals surface area contributed by atoms with E-state index in [1.54, 1.807) is 5.57 Å². The van der Waals surface area contributed by atoms with Crippen LogP contribution in [0.25, 0.3) is 0 Å². The number of allylic oxidation sites excluding steroid dienone is 2. The largest absolute Gasteiger partial charge is 0.0845 e. The first kappa shape index (κ1) is 10.9. The summed E-state index contributed by atoms with van der Waals surface area (Å²) in [6.07, 6.45) is 9.78. The maximum atomic E-state index is 2.62. The molecule has 3 rings (SSSR count). The van der Waals surface area contributed by atoms with Crippen LogP contribution in [-0.2, 0) is 0 Å². The van der Waals surface area contributed by atoms with Crippen molar-refractivity contribution in [1.82, 2.24) is 0 Å². The van der Waals surface area contributed by atoms with Gasteiger partial charge in [-0.2, -0.15) is 0 Å². The Morgan fingerprint density at radius 3 is 2.75 bits per heavy atom. The van der Waals surface area contributed by atoms with E-state index in [-0.39, 0.29) is 0 Å². The highest BCUT2D eigenvalue weighted by atomic mass is 14.7. The monoisotopic (exact) mass is 218 g/mol. The highest BCUT2D eigenvalue weighted by molar-refractivity contribution is 5.26. The van der Waals surface area contributed by atoms with Crippen LogP contribution in [0.2, 0.25) is 0 Å². The molecule has 2 bridgehead atoms. The fourth-order valence-electron chi connectivity index (χ4n) is 5.57. The van der Waals surface area contributed by atoms with Gasteiger partial charge in [0.15, 0.2) is 0 Å². The molecule has 0 aromatic heterocycles. The van der Waals surface area contributed by atoms with Gasteiger partial charge in [-0.1, -0.05) is 39.3 Å². The van der Waals surface area contributed by atoms with Crippen molar-refractivity contribution in [3.63, 3.8) is 0 Å². The van der Waals surface area contributed by atoms with E-state index in [1.807, 2.05) is 0 Å². The van der Waals surface area contributed by atoms with E-state index in [1.165, 1.54) is 32.1 Å². The Morgan fingerprint density at radius 2 is 2.06 bits per heavy atom. The number of rotatable bonds is 1. The molecule has 0 saturated heterocycles. The van der Waals surface area contributed by atoms with Crippen LogP contribution >= 0.6 is 0 Å². The smallest absolute Gasteiger partial charge is 0.0144 e. The second-order valence-corrected chi connectivity index (χ2v) is 7.18. The average molecular weight is 218 g/mol. The minimum Gasteiger partial charge on any atom is -0.0845 e. The summed E-state index contributed by atoms with van der Waals surface area (Å²) >= 11 is 0. The second kappa shape index (κ2) is 3.15. The van der Waals surface area contributed by atoms with Gasteiger partial charge < -0.3 is 0 Å². The summed E-state index contributed by atoms with van der Waals surface area (Å²) < 4.78 is 0. The SMILES string of the molecule is CCC1=CC[C@@]23C[C@@H]1C(C)(C)[C@@H]2CC[C@H]3C. The molecule has 0 N–H and O–H groups in total. The zero-order chi connectivity index (χ0) is 11.6. The third-order valence-electron chi connectivity index (χ3n) is 6.54. The minimum absolute atomic E-state index is 0.573. The topological polar surface area (TPSA) is 0 Å². The Kier molecular flexibility index (Phi) is 2.14. The molecule has 2 fully saturated rings. The molecular weight excluding hydrogens is 192 g/mol. The zero-order valence-corrected chi connectivity index (χ0v) is 11.3. The van der Waals surface area contributed by atoms with E-state index in [9.17, 15) is 0 Å². The van der Waals surface area contributed by atoms with Gasteiger partial charge in [-0.05, 0) is 60.7 Å². The molecule has 2 saturated carbocycles. The van der Waals surface area contributed by atoms with E-state index in [2.05, 4.69) is 33.8 Å². The lowest BCUT2D eigenvalue weighted by Gasteiger charge is -2.36. The summed E-state index contributed by atoms with van der Waals surface area (Å²) in [6, 6.07) is 0. The summed E-state index contributed by atoms with van der Waals surface area (Å²) in [5.74, 6) is 2.87. The summed E-state index contributed by atoms with van der Waals surface area (Å²) in [5, 5.41) is 0. The predicted octanol–water partition coefficient (Wildman–Crippen LogP) is 4.81. The minimum atomic E-state index is 0.573. The van der Waals surface area contributed by atoms with E-state index in [4.69, 9.17) is 0 Å². The lowest BCUT2D eigenvalue weighted by atomic mass is 9.68. The number of hydrogen-bond donors (Lipinski definition) is 0. The van der Waals surface area contributed by atoms with Crippen LogP contribution in [0.1, 0.15) is 59.8 Å². The van der Waals surface area contributed by atoms with Crippen molar-refractivity contribution >= 4 is 0 Å². The molecule has 0 heterocycles. The Morgan fingerprint density at radius 1 is 1.31 bits per heavy atom. The van der Waals surface area contributed by atoms with E-state index in [0.29, 0.717) is 10.8 Å².